The van der Waals surface area contributed by atoms with Crippen molar-refractivity contribution in [3.05, 3.63) is 29.8 Å². The van der Waals surface area contributed by atoms with Crippen LogP contribution in [-0.2, 0) is 21.8 Å². The highest BCUT2D eigenvalue weighted by atomic mass is 32.2. The van der Waals surface area contributed by atoms with E-state index in [0.29, 0.717) is 19.7 Å². The summed E-state index contributed by atoms with van der Waals surface area (Å²) in [5.74, 6) is 1.38. The standard InChI is InChI=1S/C16H23N5O3S/c1-4-24-15(22)11-20(2)9-10-21-16(17-18-19-21)25-12-13-5-7-14(23-3)8-6-13/h5-8H,4,9-12H2,1-3H3. The number of carbonyl (C=O) groups is 1. The van der Waals surface area contributed by atoms with Gasteiger partial charge in [0.15, 0.2) is 0 Å². The molecule has 1 aromatic carbocycles. The maximum atomic E-state index is 11.5. The van der Waals surface area contributed by atoms with Crippen molar-refractivity contribution in [1.82, 2.24) is 25.1 Å². The Labute approximate surface area is 151 Å². The number of aromatic nitrogens is 4. The van der Waals surface area contributed by atoms with Gasteiger partial charge in [0.25, 0.3) is 0 Å². The molecule has 0 unspecified atom stereocenters. The summed E-state index contributed by atoms with van der Waals surface area (Å²) in [6, 6.07) is 7.91. The van der Waals surface area contributed by atoms with Crippen LogP contribution in [0.5, 0.6) is 5.75 Å². The Morgan fingerprint density at radius 1 is 1.32 bits per heavy atom. The van der Waals surface area contributed by atoms with Crippen LogP contribution in [0.4, 0.5) is 0 Å². The Balaban J connectivity index is 1.82. The number of esters is 1. The first-order valence-electron chi connectivity index (χ1n) is 7.98. The van der Waals surface area contributed by atoms with Crippen molar-refractivity contribution >= 4 is 17.7 Å². The molecule has 2 rings (SSSR count). The third-order valence-corrected chi connectivity index (χ3v) is 4.45. The molecule has 0 aliphatic carbocycles. The van der Waals surface area contributed by atoms with E-state index in [9.17, 15) is 4.79 Å². The number of hydrogen-bond acceptors (Lipinski definition) is 8. The number of tetrazole rings is 1. The van der Waals surface area contributed by atoms with Crippen LogP contribution in [-0.4, -0.2) is 64.9 Å². The smallest absolute Gasteiger partial charge is 0.320 e. The molecule has 0 aliphatic heterocycles. The molecule has 9 heteroatoms. The molecule has 0 saturated carbocycles. The van der Waals surface area contributed by atoms with Crippen molar-refractivity contribution in [3.8, 4) is 5.75 Å². The van der Waals surface area contributed by atoms with Gasteiger partial charge in [-0.2, -0.15) is 0 Å². The van der Waals surface area contributed by atoms with E-state index in [1.54, 1.807) is 30.5 Å². The largest absolute Gasteiger partial charge is 0.497 e. The van der Waals surface area contributed by atoms with Crippen LogP contribution in [0, 0.1) is 0 Å². The molecule has 25 heavy (non-hydrogen) atoms. The Bertz CT molecular complexity index is 662. The van der Waals surface area contributed by atoms with Gasteiger partial charge in [0, 0.05) is 12.3 Å². The highest BCUT2D eigenvalue weighted by Crippen LogP contribution is 2.21. The second-order valence-corrected chi connectivity index (χ2v) is 6.31. The molecule has 0 atom stereocenters. The summed E-state index contributed by atoms with van der Waals surface area (Å²) in [6.07, 6.45) is 0. The highest BCUT2D eigenvalue weighted by Gasteiger charge is 2.11. The predicted octanol–water partition coefficient (Wildman–Crippen LogP) is 1.47. The van der Waals surface area contributed by atoms with E-state index in [1.165, 1.54) is 5.56 Å². The summed E-state index contributed by atoms with van der Waals surface area (Å²) < 4.78 is 11.8. The number of carbonyl (C=O) groups excluding carboxylic acids is 1. The van der Waals surface area contributed by atoms with E-state index in [-0.39, 0.29) is 12.5 Å². The molecule has 1 aromatic heterocycles. The Morgan fingerprint density at radius 2 is 2.08 bits per heavy atom. The molecule has 0 spiro atoms. The van der Waals surface area contributed by atoms with Crippen LogP contribution >= 0.6 is 11.8 Å². The van der Waals surface area contributed by atoms with Crippen LogP contribution in [0.2, 0.25) is 0 Å². The van der Waals surface area contributed by atoms with Gasteiger partial charge in [0.1, 0.15) is 5.75 Å². The molecule has 0 saturated heterocycles. The van der Waals surface area contributed by atoms with Gasteiger partial charge in [-0.1, -0.05) is 23.9 Å². The average molecular weight is 365 g/mol. The second kappa shape index (κ2) is 10.00. The summed E-state index contributed by atoms with van der Waals surface area (Å²) in [5.41, 5.74) is 1.17. The summed E-state index contributed by atoms with van der Waals surface area (Å²) in [7, 11) is 3.52. The molecule has 0 radical (unpaired) electrons. The molecule has 8 nitrogen and oxygen atoms in total. The first kappa shape index (κ1) is 19.2. The van der Waals surface area contributed by atoms with Crippen LogP contribution < -0.4 is 4.74 Å². The number of likely N-dealkylation sites (N-methyl/N-ethyl adjacent to an activating group) is 1. The van der Waals surface area contributed by atoms with E-state index in [2.05, 4.69) is 15.5 Å². The zero-order chi connectivity index (χ0) is 18.1. The molecule has 136 valence electrons. The average Bonchev–Trinajstić information content (AvgIpc) is 3.06. The lowest BCUT2D eigenvalue weighted by Crippen LogP contribution is -2.30. The number of hydrogen-bond donors (Lipinski definition) is 0. The number of nitrogens with zero attached hydrogens (tertiary/aromatic N) is 5. The Kier molecular flexibility index (Phi) is 7.68. The van der Waals surface area contributed by atoms with Gasteiger partial charge in [0.05, 0.1) is 26.8 Å². The summed E-state index contributed by atoms with van der Waals surface area (Å²) >= 11 is 1.57. The van der Waals surface area contributed by atoms with Crippen molar-refractivity contribution in [2.45, 2.75) is 24.4 Å². The number of methoxy groups -OCH3 is 1. The predicted molar refractivity (Wildman–Crippen MR) is 94.5 cm³/mol. The third-order valence-electron chi connectivity index (χ3n) is 3.42. The van der Waals surface area contributed by atoms with Gasteiger partial charge in [-0.15, -0.1) is 5.10 Å². The molecular formula is C16H23N5O3S. The minimum Gasteiger partial charge on any atom is -0.497 e. The van der Waals surface area contributed by atoms with Crippen LogP contribution in [0.1, 0.15) is 12.5 Å². The lowest BCUT2D eigenvalue weighted by molar-refractivity contribution is -0.144. The van der Waals surface area contributed by atoms with E-state index in [0.717, 1.165) is 16.7 Å². The van der Waals surface area contributed by atoms with Gasteiger partial charge < -0.3 is 9.47 Å². The zero-order valence-electron chi connectivity index (χ0n) is 14.7. The quantitative estimate of drug-likeness (QED) is 0.462. The fourth-order valence-corrected chi connectivity index (χ4v) is 2.94. The molecule has 0 amide bonds. The fourth-order valence-electron chi connectivity index (χ4n) is 2.08. The molecule has 0 N–H and O–H groups in total. The topological polar surface area (TPSA) is 82.4 Å². The van der Waals surface area contributed by atoms with Crippen LogP contribution in [0.25, 0.3) is 0 Å². The van der Waals surface area contributed by atoms with E-state index < -0.39 is 0 Å². The van der Waals surface area contributed by atoms with Crippen LogP contribution in [0.15, 0.2) is 29.4 Å². The lowest BCUT2D eigenvalue weighted by atomic mass is 10.2. The Hall–Kier alpha value is -2.13. The van der Waals surface area contributed by atoms with Gasteiger partial charge >= 0.3 is 5.97 Å². The second-order valence-electron chi connectivity index (χ2n) is 5.36. The maximum Gasteiger partial charge on any atom is 0.320 e. The first-order valence-corrected chi connectivity index (χ1v) is 8.97. The van der Waals surface area contributed by atoms with Gasteiger partial charge in [-0.05, 0) is 42.1 Å². The molecule has 0 aliphatic rings. The molecular weight excluding hydrogens is 342 g/mol. The Morgan fingerprint density at radius 3 is 2.76 bits per heavy atom. The van der Waals surface area contributed by atoms with Crippen molar-refractivity contribution in [2.24, 2.45) is 0 Å². The normalized spacial score (nSPS) is 10.9. The van der Waals surface area contributed by atoms with Crippen molar-refractivity contribution in [3.63, 3.8) is 0 Å². The van der Waals surface area contributed by atoms with Gasteiger partial charge in [0.2, 0.25) is 5.16 Å². The summed E-state index contributed by atoms with van der Waals surface area (Å²) in [4.78, 5) is 13.3. The first-order chi connectivity index (χ1) is 12.1. The minimum absolute atomic E-state index is 0.226. The summed E-state index contributed by atoms with van der Waals surface area (Å²) in [5, 5.41) is 12.6. The highest BCUT2D eigenvalue weighted by molar-refractivity contribution is 7.98. The zero-order valence-corrected chi connectivity index (χ0v) is 15.5. The molecule has 2 aromatic rings. The molecule has 0 fully saturated rings. The van der Waals surface area contributed by atoms with Gasteiger partial charge in [-0.25, -0.2) is 4.68 Å². The van der Waals surface area contributed by atoms with E-state index in [1.807, 2.05) is 36.2 Å². The summed E-state index contributed by atoms with van der Waals surface area (Å²) in [6.45, 7) is 3.70. The van der Waals surface area contributed by atoms with Gasteiger partial charge in [-0.3, -0.25) is 9.69 Å². The van der Waals surface area contributed by atoms with Crippen LogP contribution in [0.3, 0.4) is 0 Å². The van der Waals surface area contributed by atoms with Crippen molar-refractivity contribution in [1.29, 1.82) is 0 Å². The van der Waals surface area contributed by atoms with Crippen molar-refractivity contribution in [2.75, 3.05) is 33.9 Å². The number of rotatable bonds is 10. The van der Waals surface area contributed by atoms with Crippen molar-refractivity contribution < 1.29 is 14.3 Å². The number of ether oxygens (including phenoxy) is 2. The minimum atomic E-state index is -0.226. The maximum absolute atomic E-state index is 11.5. The third kappa shape index (κ3) is 6.35. The SMILES string of the molecule is CCOC(=O)CN(C)CCn1nnnc1SCc1ccc(OC)cc1. The lowest BCUT2D eigenvalue weighted by Gasteiger charge is -2.15. The molecule has 0 bridgehead atoms. The number of thioether (sulfide) groups is 1. The van der Waals surface area contributed by atoms with E-state index in [4.69, 9.17) is 9.47 Å². The molecule has 1 heterocycles. The fraction of sp³-hybridized carbons (Fsp3) is 0.500. The van der Waals surface area contributed by atoms with E-state index >= 15 is 0 Å². The number of benzene rings is 1. The monoisotopic (exact) mass is 365 g/mol.